The summed E-state index contributed by atoms with van der Waals surface area (Å²) in [6, 6.07) is 0.666. The molecule has 72 valence electrons. The number of hydrogen-bond donors (Lipinski definition) is 1. The van der Waals surface area contributed by atoms with E-state index in [0.717, 1.165) is 25.4 Å². The fourth-order valence-corrected chi connectivity index (χ4v) is 2.42. The van der Waals surface area contributed by atoms with E-state index in [1.165, 1.54) is 6.42 Å². The molecule has 3 heteroatoms. The van der Waals surface area contributed by atoms with Crippen LogP contribution in [0.15, 0.2) is 12.2 Å². The van der Waals surface area contributed by atoms with Gasteiger partial charge in [-0.2, -0.15) is 0 Å². The van der Waals surface area contributed by atoms with Crippen molar-refractivity contribution in [3.8, 4) is 0 Å². The minimum Gasteiger partial charge on any atom is -0.370 e. The molecule has 0 aromatic rings. The molecular formula is C10H16N2O. The Kier molecular flexibility index (Phi) is 2.36. The molecule has 3 nitrogen and oxygen atoms in total. The van der Waals surface area contributed by atoms with Gasteiger partial charge in [0, 0.05) is 19.0 Å². The summed E-state index contributed by atoms with van der Waals surface area (Å²) in [5.74, 6) is 0.558. The first-order chi connectivity index (χ1) is 6.27. The van der Waals surface area contributed by atoms with Crippen LogP contribution in [-0.2, 0) is 4.79 Å². The Bertz CT molecular complexity index is 237. The molecule has 0 bridgehead atoms. The molecule has 0 aromatic carbocycles. The summed E-state index contributed by atoms with van der Waals surface area (Å²) in [7, 11) is 0. The number of fused-ring (bicyclic) bond motifs is 1. The van der Waals surface area contributed by atoms with E-state index in [1.54, 1.807) is 0 Å². The molecule has 1 aliphatic heterocycles. The molecule has 0 spiro atoms. The second-order valence-electron chi connectivity index (χ2n) is 3.94. The molecule has 1 saturated heterocycles. The van der Waals surface area contributed by atoms with Crippen molar-refractivity contribution >= 4 is 5.91 Å². The van der Waals surface area contributed by atoms with E-state index < -0.39 is 0 Å². The van der Waals surface area contributed by atoms with E-state index in [9.17, 15) is 4.79 Å². The molecule has 2 atom stereocenters. The van der Waals surface area contributed by atoms with Crippen LogP contribution in [0.1, 0.15) is 19.3 Å². The van der Waals surface area contributed by atoms with Crippen molar-refractivity contribution in [1.29, 1.82) is 0 Å². The predicted molar refractivity (Wildman–Crippen MR) is 51.0 cm³/mol. The van der Waals surface area contributed by atoms with Gasteiger partial charge in [-0.05, 0) is 25.3 Å². The Hall–Kier alpha value is -0.830. The highest BCUT2D eigenvalue weighted by atomic mass is 16.1. The van der Waals surface area contributed by atoms with Gasteiger partial charge in [-0.15, -0.1) is 0 Å². The maximum atomic E-state index is 10.6. The quantitative estimate of drug-likeness (QED) is 0.643. The largest absolute Gasteiger partial charge is 0.370 e. The molecular weight excluding hydrogens is 164 g/mol. The maximum Gasteiger partial charge on any atom is 0.218 e. The van der Waals surface area contributed by atoms with Gasteiger partial charge in [0.25, 0.3) is 0 Å². The van der Waals surface area contributed by atoms with Gasteiger partial charge in [0.05, 0.1) is 0 Å². The van der Waals surface area contributed by atoms with Crippen LogP contribution < -0.4 is 5.73 Å². The van der Waals surface area contributed by atoms with Crippen molar-refractivity contribution in [2.75, 3.05) is 13.1 Å². The summed E-state index contributed by atoms with van der Waals surface area (Å²) in [6.07, 6.45) is 7.48. The average Bonchev–Trinajstić information content (AvgIpc) is 2.60. The highest BCUT2D eigenvalue weighted by molar-refractivity contribution is 5.73. The topological polar surface area (TPSA) is 46.3 Å². The standard InChI is InChI=1S/C10H16N2O/c11-10(13)5-7-12-6-4-8-2-1-3-9(8)12/h1-2,8-9H,3-7H2,(H2,11,13). The normalized spacial score (nSPS) is 32.3. The number of amides is 1. The molecule has 1 heterocycles. The van der Waals surface area contributed by atoms with Crippen LogP contribution in [0, 0.1) is 5.92 Å². The predicted octanol–water partition coefficient (Wildman–Crippen LogP) is 0.512. The number of rotatable bonds is 3. The van der Waals surface area contributed by atoms with Crippen LogP contribution in [0.4, 0.5) is 0 Å². The molecule has 1 amide bonds. The van der Waals surface area contributed by atoms with Crippen LogP contribution in [0.3, 0.4) is 0 Å². The second kappa shape index (κ2) is 3.50. The minimum atomic E-state index is -0.186. The Balaban J connectivity index is 1.85. The number of carbonyl (C=O) groups excluding carboxylic acids is 1. The third-order valence-corrected chi connectivity index (χ3v) is 3.12. The summed E-state index contributed by atoms with van der Waals surface area (Å²) in [5.41, 5.74) is 5.13. The molecule has 1 aliphatic carbocycles. The number of primary amides is 1. The smallest absolute Gasteiger partial charge is 0.218 e. The molecule has 2 rings (SSSR count). The Morgan fingerprint density at radius 2 is 2.46 bits per heavy atom. The molecule has 13 heavy (non-hydrogen) atoms. The van der Waals surface area contributed by atoms with Crippen LogP contribution in [0.2, 0.25) is 0 Å². The molecule has 0 aromatic heterocycles. The van der Waals surface area contributed by atoms with E-state index in [-0.39, 0.29) is 5.91 Å². The average molecular weight is 180 g/mol. The van der Waals surface area contributed by atoms with Gasteiger partial charge in [0.15, 0.2) is 0 Å². The number of nitrogens with two attached hydrogens (primary N) is 1. The number of hydrogen-bond acceptors (Lipinski definition) is 2. The third-order valence-electron chi connectivity index (χ3n) is 3.12. The van der Waals surface area contributed by atoms with Crippen molar-refractivity contribution in [3.05, 3.63) is 12.2 Å². The van der Waals surface area contributed by atoms with E-state index in [0.29, 0.717) is 12.5 Å². The fourth-order valence-electron chi connectivity index (χ4n) is 2.42. The van der Waals surface area contributed by atoms with Crippen molar-refractivity contribution in [3.63, 3.8) is 0 Å². The third kappa shape index (κ3) is 1.75. The van der Waals surface area contributed by atoms with E-state index in [1.807, 2.05) is 0 Å². The zero-order valence-electron chi connectivity index (χ0n) is 7.78. The van der Waals surface area contributed by atoms with Gasteiger partial charge < -0.3 is 5.73 Å². The van der Waals surface area contributed by atoms with Crippen molar-refractivity contribution in [1.82, 2.24) is 4.90 Å². The molecule has 2 aliphatic rings. The van der Waals surface area contributed by atoms with Crippen LogP contribution >= 0.6 is 0 Å². The summed E-state index contributed by atoms with van der Waals surface area (Å²) >= 11 is 0. The van der Waals surface area contributed by atoms with Gasteiger partial charge in [-0.3, -0.25) is 9.69 Å². The molecule has 0 saturated carbocycles. The lowest BCUT2D eigenvalue weighted by Gasteiger charge is -2.22. The van der Waals surface area contributed by atoms with Gasteiger partial charge >= 0.3 is 0 Å². The zero-order valence-corrected chi connectivity index (χ0v) is 7.78. The molecule has 2 N–H and O–H groups in total. The first-order valence-corrected chi connectivity index (χ1v) is 4.96. The SMILES string of the molecule is NC(=O)CCN1CCC2C=CCC21. The highest BCUT2D eigenvalue weighted by Gasteiger charge is 2.33. The van der Waals surface area contributed by atoms with Gasteiger partial charge in [0.2, 0.25) is 5.91 Å². The fraction of sp³-hybridized carbons (Fsp3) is 0.700. The van der Waals surface area contributed by atoms with Gasteiger partial charge in [0.1, 0.15) is 0 Å². The maximum absolute atomic E-state index is 10.6. The summed E-state index contributed by atoms with van der Waals surface area (Å²) < 4.78 is 0. The number of likely N-dealkylation sites (tertiary alicyclic amines) is 1. The van der Waals surface area contributed by atoms with Gasteiger partial charge in [-0.1, -0.05) is 12.2 Å². The van der Waals surface area contributed by atoms with Crippen molar-refractivity contribution in [2.45, 2.75) is 25.3 Å². The summed E-state index contributed by atoms with van der Waals surface area (Å²) in [4.78, 5) is 13.0. The second-order valence-corrected chi connectivity index (χ2v) is 3.94. The van der Waals surface area contributed by atoms with Crippen molar-refractivity contribution < 1.29 is 4.79 Å². The first-order valence-electron chi connectivity index (χ1n) is 4.96. The molecule has 1 fully saturated rings. The lowest BCUT2D eigenvalue weighted by atomic mass is 10.1. The lowest BCUT2D eigenvalue weighted by Crippen LogP contribution is -2.33. The van der Waals surface area contributed by atoms with Crippen LogP contribution in [0.5, 0.6) is 0 Å². The van der Waals surface area contributed by atoms with E-state index in [4.69, 9.17) is 5.73 Å². The monoisotopic (exact) mass is 180 g/mol. The molecule has 0 radical (unpaired) electrons. The first kappa shape index (κ1) is 8.75. The Morgan fingerprint density at radius 1 is 1.62 bits per heavy atom. The molecule has 2 unspecified atom stereocenters. The summed E-state index contributed by atoms with van der Waals surface area (Å²) in [6.45, 7) is 1.98. The zero-order chi connectivity index (χ0) is 9.26. The number of carbonyl (C=O) groups is 1. The van der Waals surface area contributed by atoms with Crippen molar-refractivity contribution in [2.24, 2.45) is 11.7 Å². The van der Waals surface area contributed by atoms with E-state index >= 15 is 0 Å². The van der Waals surface area contributed by atoms with Crippen LogP contribution in [0.25, 0.3) is 0 Å². The van der Waals surface area contributed by atoms with Crippen LogP contribution in [-0.4, -0.2) is 29.9 Å². The van der Waals surface area contributed by atoms with E-state index in [2.05, 4.69) is 17.1 Å². The highest BCUT2D eigenvalue weighted by Crippen LogP contribution is 2.32. The number of nitrogens with zero attached hydrogens (tertiary/aromatic N) is 1. The Labute approximate surface area is 78.6 Å². The summed E-state index contributed by atoms with van der Waals surface area (Å²) in [5, 5.41) is 0. The lowest BCUT2D eigenvalue weighted by molar-refractivity contribution is -0.118. The minimum absolute atomic E-state index is 0.186. The van der Waals surface area contributed by atoms with Gasteiger partial charge in [-0.25, -0.2) is 0 Å². The Morgan fingerprint density at radius 3 is 3.23 bits per heavy atom.